The molecule has 5 heteroatoms. The van der Waals surface area contributed by atoms with Gasteiger partial charge in [0.05, 0.1) is 6.54 Å². The molecule has 0 aromatic rings. The minimum absolute atomic E-state index is 0.0000694. The van der Waals surface area contributed by atoms with Gasteiger partial charge in [0.1, 0.15) is 5.54 Å². The molecule has 1 rings (SSSR count). The van der Waals surface area contributed by atoms with Crippen LogP contribution in [0.25, 0.3) is 0 Å². The molecule has 1 fully saturated rings. The molecule has 116 valence electrons. The molecule has 0 saturated heterocycles. The van der Waals surface area contributed by atoms with E-state index in [-0.39, 0.29) is 12.5 Å². The van der Waals surface area contributed by atoms with Crippen LogP contribution in [0.3, 0.4) is 0 Å². The van der Waals surface area contributed by atoms with E-state index in [4.69, 9.17) is 0 Å². The summed E-state index contributed by atoms with van der Waals surface area (Å²) in [7, 11) is 0. The molecular weight excluding hydrogens is 256 g/mol. The highest BCUT2D eigenvalue weighted by molar-refractivity contribution is 5.83. The lowest BCUT2D eigenvalue weighted by molar-refractivity contribution is -0.149. The first-order valence-corrected chi connectivity index (χ1v) is 7.53. The molecule has 0 heterocycles. The quantitative estimate of drug-likeness (QED) is 0.712. The highest BCUT2D eigenvalue weighted by Gasteiger charge is 2.44. The SMILES string of the molecule is CC(C)CN(CC(C)C)C(=O)CNC1(C(=O)O)CCC1. The first-order chi connectivity index (χ1) is 9.27. The zero-order valence-electron chi connectivity index (χ0n) is 13.1. The Morgan fingerprint density at radius 2 is 1.65 bits per heavy atom. The van der Waals surface area contributed by atoms with Crippen LogP contribution in [0.4, 0.5) is 0 Å². The van der Waals surface area contributed by atoms with E-state index in [0.29, 0.717) is 24.7 Å². The van der Waals surface area contributed by atoms with Crippen molar-refractivity contribution >= 4 is 11.9 Å². The Kier molecular flexibility index (Phi) is 5.99. The normalized spacial score (nSPS) is 17.1. The zero-order chi connectivity index (χ0) is 15.3. The molecule has 20 heavy (non-hydrogen) atoms. The molecule has 0 radical (unpaired) electrons. The van der Waals surface area contributed by atoms with E-state index in [1.54, 1.807) is 0 Å². The fourth-order valence-electron chi connectivity index (χ4n) is 2.51. The van der Waals surface area contributed by atoms with E-state index in [9.17, 15) is 14.7 Å². The Morgan fingerprint density at radius 1 is 1.15 bits per heavy atom. The third-order valence-electron chi connectivity index (χ3n) is 3.72. The van der Waals surface area contributed by atoms with Crippen LogP contribution in [-0.4, -0.2) is 47.1 Å². The molecule has 1 aliphatic rings. The van der Waals surface area contributed by atoms with Gasteiger partial charge in [-0.15, -0.1) is 0 Å². The summed E-state index contributed by atoms with van der Waals surface area (Å²) in [4.78, 5) is 25.4. The van der Waals surface area contributed by atoms with Gasteiger partial charge >= 0.3 is 5.97 Å². The maximum absolute atomic E-state index is 12.3. The number of aliphatic carboxylic acids is 1. The molecule has 1 aliphatic carbocycles. The summed E-state index contributed by atoms with van der Waals surface area (Å²) in [6.45, 7) is 9.89. The number of rotatable bonds is 8. The molecule has 1 amide bonds. The number of carboxylic acids is 1. The average molecular weight is 284 g/mol. The predicted molar refractivity (Wildman–Crippen MR) is 78.5 cm³/mol. The van der Waals surface area contributed by atoms with Gasteiger partial charge in [-0.25, -0.2) is 0 Å². The van der Waals surface area contributed by atoms with Gasteiger partial charge in [-0.3, -0.25) is 14.9 Å². The number of carbonyl (C=O) groups is 2. The number of carbonyl (C=O) groups excluding carboxylic acids is 1. The number of hydrogen-bond acceptors (Lipinski definition) is 3. The van der Waals surface area contributed by atoms with Gasteiger partial charge in [0.15, 0.2) is 0 Å². The van der Waals surface area contributed by atoms with Crippen molar-refractivity contribution in [2.45, 2.75) is 52.5 Å². The van der Waals surface area contributed by atoms with Gasteiger partial charge in [0.25, 0.3) is 0 Å². The van der Waals surface area contributed by atoms with Crippen LogP contribution in [0.5, 0.6) is 0 Å². The first-order valence-electron chi connectivity index (χ1n) is 7.53. The molecule has 0 spiro atoms. The highest BCUT2D eigenvalue weighted by Crippen LogP contribution is 2.31. The summed E-state index contributed by atoms with van der Waals surface area (Å²) in [5.41, 5.74) is -0.864. The highest BCUT2D eigenvalue weighted by atomic mass is 16.4. The second-order valence-electron chi connectivity index (χ2n) is 6.68. The van der Waals surface area contributed by atoms with Crippen LogP contribution in [0, 0.1) is 11.8 Å². The number of nitrogens with zero attached hydrogens (tertiary/aromatic N) is 1. The Bertz CT molecular complexity index is 339. The topological polar surface area (TPSA) is 69.6 Å². The summed E-state index contributed by atoms with van der Waals surface area (Å²) in [5, 5.41) is 12.2. The second-order valence-corrected chi connectivity index (χ2v) is 6.68. The van der Waals surface area contributed by atoms with Crippen LogP contribution in [0.2, 0.25) is 0 Å². The molecule has 5 nitrogen and oxygen atoms in total. The van der Waals surface area contributed by atoms with Crippen molar-refractivity contribution in [2.24, 2.45) is 11.8 Å². The van der Waals surface area contributed by atoms with Crippen LogP contribution in [0.15, 0.2) is 0 Å². The van der Waals surface area contributed by atoms with E-state index < -0.39 is 11.5 Å². The molecule has 0 aromatic heterocycles. The minimum Gasteiger partial charge on any atom is -0.480 e. The Balaban J connectivity index is 2.55. The van der Waals surface area contributed by atoms with E-state index in [0.717, 1.165) is 19.5 Å². The zero-order valence-corrected chi connectivity index (χ0v) is 13.1. The van der Waals surface area contributed by atoms with Crippen molar-refractivity contribution < 1.29 is 14.7 Å². The van der Waals surface area contributed by atoms with Crippen LogP contribution in [0.1, 0.15) is 47.0 Å². The van der Waals surface area contributed by atoms with Crippen molar-refractivity contribution in [3.63, 3.8) is 0 Å². The number of nitrogens with one attached hydrogen (secondary N) is 1. The van der Waals surface area contributed by atoms with Gasteiger partial charge in [0, 0.05) is 13.1 Å². The van der Waals surface area contributed by atoms with Crippen molar-refractivity contribution in [3.05, 3.63) is 0 Å². The van der Waals surface area contributed by atoms with Crippen LogP contribution in [-0.2, 0) is 9.59 Å². The molecule has 0 atom stereocenters. The fraction of sp³-hybridized carbons (Fsp3) is 0.867. The Labute approximate surface area is 121 Å². The lowest BCUT2D eigenvalue weighted by atomic mass is 9.77. The summed E-state index contributed by atoms with van der Waals surface area (Å²) < 4.78 is 0. The van der Waals surface area contributed by atoms with E-state index in [1.165, 1.54) is 0 Å². The molecule has 0 aromatic carbocycles. The number of amides is 1. The third-order valence-corrected chi connectivity index (χ3v) is 3.72. The van der Waals surface area contributed by atoms with Crippen molar-refractivity contribution in [2.75, 3.05) is 19.6 Å². The lowest BCUT2D eigenvalue weighted by Gasteiger charge is -2.39. The molecule has 1 saturated carbocycles. The summed E-state index contributed by atoms with van der Waals surface area (Å²) >= 11 is 0. The predicted octanol–water partition coefficient (Wildman–Crippen LogP) is 1.72. The largest absolute Gasteiger partial charge is 0.480 e. The summed E-state index contributed by atoms with van der Waals surface area (Å²) in [5.74, 6) is -0.0135. The van der Waals surface area contributed by atoms with Gasteiger partial charge < -0.3 is 10.0 Å². The second kappa shape index (κ2) is 7.07. The van der Waals surface area contributed by atoms with Gasteiger partial charge in [-0.2, -0.15) is 0 Å². The fourth-order valence-corrected chi connectivity index (χ4v) is 2.51. The molecule has 0 aliphatic heterocycles. The Morgan fingerprint density at radius 3 is 1.95 bits per heavy atom. The maximum atomic E-state index is 12.3. The molecule has 0 unspecified atom stereocenters. The summed E-state index contributed by atoms with van der Waals surface area (Å²) in [6.07, 6.45) is 2.14. The minimum atomic E-state index is -0.864. The van der Waals surface area contributed by atoms with Gasteiger partial charge in [-0.1, -0.05) is 27.7 Å². The standard InChI is InChI=1S/C15H28N2O3/c1-11(2)9-17(10-12(3)4)13(18)8-16-15(14(19)20)6-5-7-15/h11-12,16H,5-10H2,1-4H3,(H,19,20). The third kappa shape index (κ3) is 4.47. The van der Waals surface area contributed by atoms with Gasteiger partial charge in [0.2, 0.25) is 5.91 Å². The Hall–Kier alpha value is -1.10. The molecule has 2 N–H and O–H groups in total. The smallest absolute Gasteiger partial charge is 0.323 e. The monoisotopic (exact) mass is 284 g/mol. The van der Waals surface area contributed by atoms with Crippen molar-refractivity contribution in [1.82, 2.24) is 10.2 Å². The van der Waals surface area contributed by atoms with Gasteiger partial charge in [-0.05, 0) is 31.1 Å². The van der Waals surface area contributed by atoms with E-state index >= 15 is 0 Å². The van der Waals surface area contributed by atoms with Crippen molar-refractivity contribution in [1.29, 1.82) is 0 Å². The lowest BCUT2D eigenvalue weighted by Crippen LogP contribution is -2.59. The van der Waals surface area contributed by atoms with Crippen LogP contribution >= 0.6 is 0 Å². The summed E-state index contributed by atoms with van der Waals surface area (Å²) in [6, 6.07) is 0. The van der Waals surface area contributed by atoms with Crippen LogP contribution < -0.4 is 5.32 Å². The van der Waals surface area contributed by atoms with Crippen molar-refractivity contribution in [3.8, 4) is 0 Å². The van der Waals surface area contributed by atoms with E-state index in [1.807, 2.05) is 4.90 Å². The molecule has 0 bridgehead atoms. The number of hydrogen-bond donors (Lipinski definition) is 2. The van der Waals surface area contributed by atoms with E-state index in [2.05, 4.69) is 33.0 Å². The number of carboxylic acid groups (broad SMARTS) is 1. The first kappa shape index (κ1) is 17.0. The maximum Gasteiger partial charge on any atom is 0.323 e. The molecular formula is C15H28N2O3. The average Bonchev–Trinajstić information content (AvgIpc) is 2.24.